The Hall–Kier alpha value is -1.50. The minimum atomic E-state index is -1.75. The Morgan fingerprint density at radius 3 is 2.06 bits per heavy atom. The summed E-state index contributed by atoms with van der Waals surface area (Å²) in [4.78, 5) is 13.9. The summed E-state index contributed by atoms with van der Waals surface area (Å²) in [6, 6.07) is 7.10. The molecule has 0 spiro atoms. The Labute approximate surface area is 215 Å². The molecule has 0 aliphatic carbocycles. The molecule has 1 aliphatic heterocycles. The summed E-state index contributed by atoms with van der Waals surface area (Å²) < 4.78 is 12.0. The Morgan fingerprint density at radius 2 is 1.50 bits per heavy atom. The SMILES string of the molecule is CCOC1=N[C@H](Cc2c([Si](CC)(CC)CC)[nH]c3cc(Cl)c(Cl)cc23)C(OCC)=N[C@H]1C(C)C. The van der Waals surface area contributed by atoms with E-state index in [4.69, 9.17) is 42.7 Å². The van der Waals surface area contributed by atoms with Crippen LogP contribution in [0.3, 0.4) is 0 Å². The maximum atomic E-state index is 6.49. The van der Waals surface area contributed by atoms with Gasteiger partial charge in [0.1, 0.15) is 20.2 Å². The lowest BCUT2D eigenvalue weighted by Gasteiger charge is -2.31. The van der Waals surface area contributed by atoms with Gasteiger partial charge in [0.15, 0.2) is 0 Å². The van der Waals surface area contributed by atoms with Gasteiger partial charge in [0.25, 0.3) is 0 Å². The van der Waals surface area contributed by atoms with Crippen molar-refractivity contribution in [2.24, 2.45) is 15.9 Å². The Kier molecular flexibility index (Phi) is 9.15. The van der Waals surface area contributed by atoms with Crippen LogP contribution in [-0.4, -0.2) is 50.2 Å². The number of aliphatic imine (C=N–C) groups is 2. The van der Waals surface area contributed by atoms with Crippen LogP contribution in [-0.2, 0) is 15.9 Å². The minimum Gasteiger partial charge on any atom is -0.480 e. The first-order valence-corrected chi connectivity index (χ1v) is 16.0. The van der Waals surface area contributed by atoms with E-state index in [-0.39, 0.29) is 18.0 Å². The van der Waals surface area contributed by atoms with Gasteiger partial charge in [-0.15, -0.1) is 0 Å². The number of hydrogen-bond acceptors (Lipinski definition) is 4. The normalized spacial score (nSPS) is 18.9. The van der Waals surface area contributed by atoms with Crippen molar-refractivity contribution in [1.29, 1.82) is 0 Å². The quantitative estimate of drug-likeness (QED) is 0.359. The fraction of sp³-hybridized carbons (Fsp3) is 0.615. The number of aromatic amines is 1. The van der Waals surface area contributed by atoms with Gasteiger partial charge in [-0.25, -0.2) is 9.98 Å². The predicted molar refractivity (Wildman–Crippen MR) is 149 cm³/mol. The number of nitrogens with one attached hydrogen (secondary N) is 1. The first-order chi connectivity index (χ1) is 16.2. The second kappa shape index (κ2) is 11.5. The Morgan fingerprint density at radius 1 is 0.912 bits per heavy atom. The van der Waals surface area contributed by atoms with Gasteiger partial charge in [0.2, 0.25) is 11.8 Å². The number of fused-ring (bicyclic) bond motifs is 1. The lowest BCUT2D eigenvalue weighted by molar-refractivity contribution is 0.276. The number of H-pyrrole nitrogens is 1. The molecule has 0 saturated carbocycles. The van der Waals surface area contributed by atoms with Gasteiger partial charge in [-0.3, -0.25) is 0 Å². The standard InChI is InChI=1S/C26H39Cl2N3O2Si/c1-8-32-24-22(29-25(33-9-2)23(31-24)16(6)7)14-18-17-13-19(27)20(28)15-21(17)30-26(18)34(10-3,11-4)12-5/h13,15-16,22-23,30H,8-12,14H2,1-7H3/t22-,23+/m1/s1. The predicted octanol–water partition coefficient (Wildman–Crippen LogP) is 7.01. The van der Waals surface area contributed by atoms with Gasteiger partial charge in [0, 0.05) is 22.6 Å². The molecule has 5 nitrogen and oxygen atoms in total. The zero-order valence-electron chi connectivity index (χ0n) is 21.6. The molecule has 0 saturated heterocycles. The number of nitrogens with zero attached hydrogens (tertiary/aromatic N) is 2. The zero-order chi connectivity index (χ0) is 25.0. The molecule has 2 heterocycles. The summed E-state index contributed by atoms with van der Waals surface area (Å²) in [6.45, 7) is 16.3. The highest BCUT2D eigenvalue weighted by Gasteiger charge is 2.37. The van der Waals surface area contributed by atoms with Crippen molar-refractivity contribution >= 4 is 59.3 Å². The highest BCUT2D eigenvalue weighted by atomic mass is 35.5. The van der Waals surface area contributed by atoms with E-state index >= 15 is 0 Å². The van der Waals surface area contributed by atoms with Gasteiger partial charge in [-0.1, -0.05) is 76.0 Å². The number of benzene rings is 1. The summed E-state index contributed by atoms with van der Waals surface area (Å²) in [5.41, 5.74) is 2.30. The number of hydrogen-bond donors (Lipinski definition) is 1. The van der Waals surface area contributed by atoms with E-state index in [0.29, 0.717) is 41.5 Å². The van der Waals surface area contributed by atoms with Gasteiger partial charge >= 0.3 is 0 Å². The lowest BCUT2D eigenvalue weighted by atomic mass is 10.00. The third kappa shape index (κ3) is 5.19. The molecule has 8 heteroatoms. The first-order valence-electron chi connectivity index (χ1n) is 12.7. The number of aromatic nitrogens is 1. The molecule has 1 aromatic heterocycles. The average molecular weight is 525 g/mol. The van der Waals surface area contributed by atoms with Crippen LogP contribution in [0.15, 0.2) is 22.1 Å². The molecule has 0 bridgehead atoms. The molecule has 1 aromatic carbocycles. The van der Waals surface area contributed by atoms with Crippen molar-refractivity contribution in [2.45, 2.75) is 85.1 Å². The highest BCUT2D eigenvalue weighted by Crippen LogP contribution is 2.33. The first kappa shape index (κ1) is 27.1. The molecule has 0 unspecified atom stereocenters. The topological polar surface area (TPSA) is 59.0 Å². The molecular weight excluding hydrogens is 485 g/mol. The molecule has 2 atom stereocenters. The van der Waals surface area contributed by atoms with Crippen molar-refractivity contribution in [2.75, 3.05) is 13.2 Å². The Balaban J connectivity index is 2.19. The fourth-order valence-corrected chi connectivity index (χ4v) is 9.23. The van der Waals surface area contributed by atoms with Crippen LogP contribution in [0.4, 0.5) is 0 Å². The van der Waals surface area contributed by atoms with Crippen molar-refractivity contribution < 1.29 is 9.47 Å². The van der Waals surface area contributed by atoms with Crippen LogP contribution < -0.4 is 5.32 Å². The molecule has 3 rings (SSSR count). The molecule has 2 aromatic rings. The highest BCUT2D eigenvalue weighted by molar-refractivity contribution is 6.91. The van der Waals surface area contributed by atoms with E-state index in [2.05, 4.69) is 39.6 Å². The van der Waals surface area contributed by atoms with Crippen molar-refractivity contribution in [1.82, 2.24) is 4.98 Å². The third-order valence-electron chi connectivity index (χ3n) is 7.21. The third-order valence-corrected chi connectivity index (χ3v) is 13.5. The molecule has 0 radical (unpaired) electrons. The molecule has 0 fully saturated rings. The lowest BCUT2D eigenvalue weighted by Crippen LogP contribution is -2.49. The average Bonchev–Trinajstić information content (AvgIpc) is 3.15. The molecular formula is C26H39Cl2N3O2Si. The smallest absolute Gasteiger partial charge is 0.210 e. The van der Waals surface area contributed by atoms with Gasteiger partial charge in [-0.2, -0.15) is 0 Å². The van der Waals surface area contributed by atoms with Crippen molar-refractivity contribution in [3.8, 4) is 0 Å². The summed E-state index contributed by atoms with van der Waals surface area (Å²) in [6.07, 6.45) is 0.683. The second-order valence-electron chi connectivity index (χ2n) is 9.34. The minimum absolute atomic E-state index is 0.121. The largest absolute Gasteiger partial charge is 0.480 e. The summed E-state index contributed by atoms with van der Waals surface area (Å²) in [5, 5.41) is 3.63. The second-order valence-corrected chi connectivity index (χ2v) is 15.3. The number of ether oxygens (including phenoxy) is 2. The van der Waals surface area contributed by atoms with Gasteiger partial charge in [0.05, 0.1) is 23.3 Å². The fourth-order valence-electron chi connectivity index (χ4n) is 5.07. The van der Waals surface area contributed by atoms with Gasteiger partial charge in [-0.05, 0) is 37.5 Å². The monoisotopic (exact) mass is 523 g/mol. The van der Waals surface area contributed by atoms with Crippen LogP contribution in [0, 0.1) is 5.92 Å². The van der Waals surface area contributed by atoms with Crippen LogP contribution in [0.1, 0.15) is 54.0 Å². The summed E-state index contributed by atoms with van der Waals surface area (Å²) in [5.74, 6) is 1.67. The van der Waals surface area contributed by atoms with E-state index in [1.807, 2.05) is 26.0 Å². The number of rotatable bonds is 9. The Bertz CT molecular complexity index is 1050. The summed E-state index contributed by atoms with van der Waals surface area (Å²) >= 11 is 12.9. The van der Waals surface area contributed by atoms with Crippen LogP contribution in [0.25, 0.3) is 10.9 Å². The summed E-state index contributed by atoms with van der Waals surface area (Å²) in [7, 11) is -1.75. The molecule has 0 amide bonds. The molecule has 1 N–H and O–H groups in total. The van der Waals surface area contributed by atoms with E-state index in [1.165, 1.54) is 29.0 Å². The molecule has 34 heavy (non-hydrogen) atoms. The zero-order valence-corrected chi connectivity index (χ0v) is 24.1. The maximum Gasteiger partial charge on any atom is 0.210 e. The molecule has 188 valence electrons. The van der Waals surface area contributed by atoms with E-state index in [0.717, 1.165) is 10.9 Å². The van der Waals surface area contributed by atoms with E-state index in [1.54, 1.807) is 0 Å². The van der Waals surface area contributed by atoms with Crippen LogP contribution in [0.5, 0.6) is 0 Å². The van der Waals surface area contributed by atoms with Crippen molar-refractivity contribution in [3.05, 3.63) is 27.7 Å². The van der Waals surface area contributed by atoms with Crippen molar-refractivity contribution in [3.63, 3.8) is 0 Å². The number of halogens is 2. The van der Waals surface area contributed by atoms with Crippen LogP contribution >= 0.6 is 23.2 Å². The van der Waals surface area contributed by atoms with E-state index < -0.39 is 8.07 Å². The van der Waals surface area contributed by atoms with Crippen LogP contribution in [0.2, 0.25) is 28.2 Å². The maximum absolute atomic E-state index is 6.49. The van der Waals surface area contributed by atoms with Gasteiger partial charge < -0.3 is 14.5 Å². The van der Waals surface area contributed by atoms with E-state index in [9.17, 15) is 0 Å². The molecule has 1 aliphatic rings.